The van der Waals surface area contributed by atoms with Gasteiger partial charge in [-0.2, -0.15) is 0 Å². The molecular weight excluding hydrogens is 464 g/mol. The quantitative estimate of drug-likeness (QED) is 0.622. The number of nitrogens with one attached hydrogen (secondary N) is 1. The third-order valence-corrected chi connectivity index (χ3v) is 10.1. The zero-order chi connectivity index (χ0) is 25.4. The summed E-state index contributed by atoms with van der Waals surface area (Å²) in [5.41, 5.74) is 2.83. The van der Waals surface area contributed by atoms with Crippen LogP contribution < -0.4 is 5.32 Å². The van der Waals surface area contributed by atoms with E-state index in [1.54, 1.807) is 0 Å². The monoisotopic (exact) mass is 508 g/mol. The fourth-order valence-electron chi connectivity index (χ4n) is 8.23. The van der Waals surface area contributed by atoms with Gasteiger partial charge in [0, 0.05) is 42.7 Å². The number of urea groups is 1. The number of rotatable bonds is 3. The fraction of sp³-hybridized carbons (Fsp3) is 0.733. The van der Waals surface area contributed by atoms with Gasteiger partial charge < -0.3 is 24.8 Å². The summed E-state index contributed by atoms with van der Waals surface area (Å²) in [5, 5.41) is 3.37. The van der Waals surface area contributed by atoms with E-state index in [4.69, 9.17) is 4.74 Å². The fourth-order valence-corrected chi connectivity index (χ4v) is 8.23. The standard InChI is InChI=1S/C30H44N4O3/c1-2-37-29(36)34-24-12-13-25(34)19-26(18-24)32-16-14-30(15-17-32)21-33(20-22-8-6-7-11-27(22)30)28(35)31-23-9-4-3-5-10-23/h6-8,11,23-26H,2-5,9-10,12-21H2,1H3,(H,31,35). The molecule has 3 amide bonds. The highest BCUT2D eigenvalue weighted by Crippen LogP contribution is 2.44. The highest BCUT2D eigenvalue weighted by molar-refractivity contribution is 5.75. The average molecular weight is 509 g/mol. The first-order chi connectivity index (χ1) is 18.1. The molecule has 4 heterocycles. The van der Waals surface area contributed by atoms with Crippen LogP contribution in [0.4, 0.5) is 9.59 Å². The highest BCUT2D eigenvalue weighted by atomic mass is 16.6. The van der Waals surface area contributed by atoms with Gasteiger partial charge in [0.1, 0.15) is 0 Å². The van der Waals surface area contributed by atoms with E-state index in [1.165, 1.54) is 30.4 Å². The van der Waals surface area contributed by atoms with E-state index < -0.39 is 0 Å². The number of benzene rings is 1. The predicted molar refractivity (Wildman–Crippen MR) is 143 cm³/mol. The third kappa shape index (κ3) is 4.84. The molecule has 1 spiro atoms. The summed E-state index contributed by atoms with van der Waals surface area (Å²) >= 11 is 0. The van der Waals surface area contributed by atoms with Crippen LogP contribution in [0.25, 0.3) is 0 Å². The molecule has 1 N–H and O–H groups in total. The van der Waals surface area contributed by atoms with E-state index in [1.807, 2.05) is 11.8 Å². The van der Waals surface area contributed by atoms with Gasteiger partial charge in [0.25, 0.3) is 0 Å². The molecule has 2 atom stereocenters. The molecule has 7 heteroatoms. The van der Waals surface area contributed by atoms with Crippen LogP contribution in [-0.2, 0) is 16.7 Å². The second-order valence-electron chi connectivity index (χ2n) is 12.2. The SMILES string of the molecule is CCOC(=O)N1C2CCC1CC(N1CCC3(CC1)CN(C(=O)NC1CCCCC1)Cc1ccccc13)C2. The number of nitrogens with zero attached hydrogens (tertiary/aromatic N) is 3. The van der Waals surface area contributed by atoms with Crippen molar-refractivity contribution in [3.05, 3.63) is 35.4 Å². The molecule has 2 unspecified atom stereocenters. The number of hydrogen-bond acceptors (Lipinski definition) is 4. The third-order valence-electron chi connectivity index (χ3n) is 10.1. The first-order valence-electron chi connectivity index (χ1n) is 14.9. The molecule has 1 saturated carbocycles. The molecule has 37 heavy (non-hydrogen) atoms. The maximum atomic E-state index is 13.4. The molecule has 4 fully saturated rings. The molecule has 7 nitrogen and oxygen atoms in total. The number of carbonyl (C=O) groups is 2. The van der Waals surface area contributed by atoms with Crippen molar-refractivity contribution < 1.29 is 14.3 Å². The van der Waals surface area contributed by atoms with Crippen molar-refractivity contribution in [2.75, 3.05) is 26.2 Å². The average Bonchev–Trinajstić information content (AvgIpc) is 3.19. The van der Waals surface area contributed by atoms with Gasteiger partial charge in [0.05, 0.1) is 6.61 Å². The van der Waals surface area contributed by atoms with Crippen LogP contribution in [0.1, 0.15) is 88.7 Å². The summed E-state index contributed by atoms with van der Waals surface area (Å²) in [4.78, 5) is 32.8. The number of piperidine rings is 2. The van der Waals surface area contributed by atoms with Crippen LogP contribution in [0.2, 0.25) is 0 Å². The van der Waals surface area contributed by atoms with E-state index >= 15 is 0 Å². The highest BCUT2D eigenvalue weighted by Gasteiger charge is 2.48. The lowest BCUT2D eigenvalue weighted by atomic mass is 9.68. The largest absolute Gasteiger partial charge is 0.450 e. The van der Waals surface area contributed by atoms with Gasteiger partial charge in [-0.1, -0.05) is 43.5 Å². The molecular formula is C30H44N4O3. The minimum absolute atomic E-state index is 0.0415. The van der Waals surface area contributed by atoms with Gasteiger partial charge in [0.15, 0.2) is 0 Å². The number of amides is 3. The Morgan fingerprint density at radius 1 is 0.973 bits per heavy atom. The first-order valence-corrected chi connectivity index (χ1v) is 14.9. The molecule has 1 aromatic rings. The van der Waals surface area contributed by atoms with Crippen LogP contribution in [0.3, 0.4) is 0 Å². The van der Waals surface area contributed by atoms with Gasteiger partial charge >= 0.3 is 12.1 Å². The molecule has 6 rings (SSSR count). The predicted octanol–water partition coefficient (Wildman–Crippen LogP) is 5.03. The van der Waals surface area contributed by atoms with E-state index in [-0.39, 0.29) is 17.5 Å². The Bertz CT molecular complexity index is 971. The van der Waals surface area contributed by atoms with Gasteiger partial charge in [-0.05, 0) is 82.5 Å². The van der Waals surface area contributed by atoms with Crippen LogP contribution in [-0.4, -0.2) is 77.2 Å². The zero-order valence-corrected chi connectivity index (χ0v) is 22.5. The van der Waals surface area contributed by atoms with Crippen molar-refractivity contribution in [1.82, 2.24) is 20.0 Å². The lowest BCUT2D eigenvalue weighted by Gasteiger charge is -2.51. The Morgan fingerprint density at radius 3 is 2.38 bits per heavy atom. The Morgan fingerprint density at radius 2 is 1.68 bits per heavy atom. The summed E-state index contributed by atoms with van der Waals surface area (Å²) < 4.78 is 5.36. The van der Waals surface area contributed by atoms with Crippen LogP contribution >= 0.6 is 0 Å². The second kappa shape index (κ2) is 10.5. The number of ether oxygens (including phenoxy) is 1. The van der Waals surface area contributed by atoms with Crippen molar-refractivity contribution in [1.29, 1.82) is 0 Å². The van der Waals surface area contributed by atoms with Crippen molar-refractivity contribution >= 4 is 12.1 Å². The van der Waals surface area contributed by atoms with Crippen LogP contribution in [0.5, 0.6) is 0 Å². The smallest absolute Gasteiger partial charge is 0.410 e. The zero-order valence-electron chi connectivity index (χ0n) is 22.5. The lowest BCUT2D eigenvalue weighted by Crippen LogP contribution is -2.58. The van der Waals surface area contributed by atoms with E-state index in [0.717, 1.165) is 77.5 Å². The van der Waals surface area contributed by atoms with Crippen LogP contribution in [0.15, 0.2) is 24.3 Å². The lowest BCUT2D eigenvalue weighted by molar-refractivity contribution is 0.0218. The van der Waals surface area contributed by atoms with Crippen LogP contribution in [0, 0.1) is 0 Å². The van der Waals surface area contributed by atoms with Gasteiger partial charge in [-0.3, -0.25) is 0 Å². The Labute approximate surface area is 221 Å². The Hall–Kier alpha value is -2.28. The molecule has 4 aliphatic heterocycles. The molecule has 0 aromatic heterocycles. The summed E-state index contributed by atoms with van der Waals surface area (Å²) in [7, 11) is 0. The van der Waals surface area contributed by atoms with Crippen molar-refractivity contribution in [2.45, 2.75) is 114 Å². The molecule has 1 aliphatic carbocycles. The van der Waals surface area contributed by atoms with E-state index in [0.29, 0.717) is 30.8 Å². The number of likely N-dealkylation sites (tertiary alicyclic amines) is 1. The van der Waals surface area contributed by atoms with Crippen molar-refractivity contribution in [3.63, 3.8) is 0 Å². The minimum atomic E-state index is -0.114. The second-order valence-corrected chi connectivity index (χ2v) is 12.2. The normalized spacial score (nSPS) is 29.7. The maximum Gasteiger partial charge on any atom is 0.410 e. The summed E-state index contributed by atoms with van der Waals surface area (Å²) in [6.45, 7) is 6.01. The molecule has 3 saturated heterocycles. The molecule has 0 radical (unpaired) electrons. The van der Waals surface area contributed by atoms with E-state index in [2.05, 4.69) is 39.4 Å². The first kappa shape index (κ1) is 25.0. The van der Waals surface area contributed by atoms with Gasteiger partial charge in [0.2, 0.25) is 0 Å². The summed E-state index contributed by atoms with van der Waals surface area (Å²) in [6, 6.07) is 10.5. The molecule has 1 aromatic carbocycles. The van der Waals surface area contributed by atoms with Gasteiger partial charge in [-0.25, -0.2) is 9.59 Å². The minimum Gasteiger partial charge on any atom is -0.450 e. The summed E-state index contributed by atoms with van der Waals surface area (Å²) in [5.74, 6) is 0. The van der Waals surface area contributed by atoms with E-state index in [9.17, 15) is 9.59 Å². The molecule has 5 aliphatic rings. The maximum absolute atomic E-state index is 13.4. The summed E-state index contributed by atoms with van der Waals surface area (Å²) in [6.07, 6.45) is 12.4. The Kier molecular flexibility index (Phi) is 7.08. The number of fused-ring (bicyclic) bond motifs is 4. The number of carbonyl (C=O) groups excluding carboxylic acids is 2. The molecule has 202 valence electrons. The van der Waals surface area contributed by atoms with Crippen molar-refractivity contribution in [3.8, 4) is 0 Å². The Balaban J connectivity index is 1.13. The number of hydrogen-bond donors (Lipinski definition) is 1. The molecule has 2 bridgehead atoms. The van der Waals surface area contributed by atoms with Crippen molar-refractivity contribution in [2.24, 2.45) is 0 Å². The van der Waals surface area contributed by atoms with Gasteiger partial charge in [-0.15, -0.1) is 0 Å². The topological polar surface area (TPSA) is 65.1 Å².